The lowest BCUT2D eigenvalue weighted by Crippen LogP contribution is -2.24. The minimum Gasteiger partial charge on any atom is -0.314 e. The molecule has 0 radical (unpaired) electrons. The van der Waals surface area contributed by atoms with Gasteiger partial charge in [0.1, 0.15) is 5.92 Å². The first-order chi connectivity index (χ1) is 9.77. The minimum atomic E-state index is -0.250. The third kappa shape index (κ3) is 2.23. The van der Waals surface area contributed by atoms with E-state index < -0.39 is 0 Å². The number of benzene rings is 2. The highest BCUT2D eigenvalue weighted by molar-refractivity contribution is 6.13. The van der Waals surface area contributed by atoms with E-state index in [9.17, 15) is 4.79 Å². The molecule has 0 fully saturated rings. The van der Waals surface area contributed by atoms with E-state index >= 15 is 0 Å². The van der Waals surface area contributed by atoms with Gasteiger partial charge in [-0.25, -0.2) is 0 Å². The molecule has 0 N–H and O–H groups in total. The van der Waals surface area contributed by atoms with Crippen molar-refractivity contribution in [2.45, 2.75) is 12.5 Å². The van der Waals surface area contributed by atoms with Crippen LogP contribution in [0.4, 0.5) is 5.69 Å². The van der Waals surface area contributed by atoms with E-state index in [1.54, 1.807) is 11.1 Å². The highest BCUT2D eigenvalue weighted by Crippen LogP contribution is 2.34. The Bertz CT molecular complexity index is 649. The number of likely N-dealkylation sites (N-methyl/N-ethyl adjacent to an activating group) is 1. The lowest BCUT2D eigenvalue weighted by atomic mass is 10.0. The van der Waals surface area contributed by atoms with E-state index in [4.69, 9.17) is 0 Å². The Hall–Kier alpha value is -2.42. The number of para-hydroxylation sites is 1. The minimum absolute atomic E-state index is 0.0861. The van der Waals surface area contributed by atoms with E-state index in [1.165, 1.54) is 0 Å². The molecule has 3 rings (SSSR count). The number of carbonyl (C=O) groups excluding carboxylic acids is 1. The van der Waals surface area contributed by atoms with Crippen LogP contribution in [0.2, 0.25) is 0 Å². The summed E-state index contributed by atoms with van der Waals surface area (Å²) in [5.41, 5.74) is 3.17. The first-order valence-electron chi connectivity index (χ1n) is 6.68. The summed E-state index contributed by atoms with van der Waals surface area (Å²) in [6.07, 6.45) is 1.78. The van der Waals surface area contributed by atoms with Gasteiger partial charge in [0, 0.05) is 18.9 Å². The normalized spacial score (nSPS) is 17.8. The second-order valence-corrected chi connectivity index (χ2v) is 4.91. The van der Waals surface area contributed by atoms with Gasteiger partial charge in [-0.05, 0) is 17.2 Å². The van der Waals surface area contributed by atoms with Crippen molar-refractivity contribution in [3.63, 3.8) is 0 Å². The zero-order chi connectivity index (χ0) is 13.9. The Morgan fingerprint density at radius 3 is 2.60 bits per heavy atom. The number of hydrogen-bond acceptors (Lipinski definition) is 2. The van der Waals surface area contributed by atoms with Gasteiger partial charge in [0.25, 0.3) is 0 Å². The molecule has 100 valence electrons. The Labute approximate surface area is 118 Å². The Kier molecular flexibility index (Phi) is 3.33. The second kappa shape index (κ2) is 5.29. The molecule has 1 unspecified atom stereocenters. The maximum atomic E-state index is 12.2. The van der Waals surface area contributed by atoms with Gasteiger partial charge in [-0.1, -0.05) is 48.5 Å². The van der Waals surface area contributed by atoms with Crippen LogP contribution in [0.15, 0.2) is 59.6 Å². The van der Waals surface area contributed by atoms with E-state index in [0.29, 0.717) is 6.54 Å². The molecule has 1 heterocycles. The van der Waals surface area contributed by atoms with Crippen LogP contribution in [0.25, 0.3) is 0 Å². The van der Waals surface area contributed by atoms with Crippen LogP contribution in [-0.2, 0) is 11.3 Å². The third-order valence-electron chi connectivity index (χ3n) is 3.60. The molecule has 0 saturated carbocycles. The number of carbonyl (C=O) groups is 1. The van der Waals surface area contributed by atoms with Crippen molar-refractivity contribution in [3.05, 3.63) is 65.7 Å². The van der Waals surface area contributed by atoms with E-state index in [0.717, 1.165) is 16.8 Å². The van der Waals surface area contributed by atoms with Crippen molar-refractivity contribution in [3.8, 4) is 0 Å². The molecule has 2 aromatic rings. The smallest absolute Gasteiger partial charge is 0.239 e. The van der Waals surface area contributed by atoms with Crippen LogP contribution in [0.3, 0.4) is 0 Å². The number of rotatable bonds is 3. The highest BCUT2D eigenvalue weighted by atomic mass is 16.2. The van der Waals surface area contributed by atoms with Gasteiger partial charge in [0.15, 0.2) is 0 Å². The number of amides is 1. The summed E-state index contributed by atoms with van der Waals surface area (Å²) in [5, 5.41) is 0. The van der Waals surface area contributed by atoms with Gasteiger partial charge in [0.2, 0.25) is 5.91 Å². The van der Waals surface area contributed by atoms with Gasteiger partial charge in [0.05, 0.1) is 6.54 Å². The predicted molar refractivity (Wildman–Crippen MR) is 81.2 cm³/mol. The molecule has 20 heavy (non-hydrogen) atoms. The lowest BCUT2D eigenvalue weighted by Gasteiger charge is -2.08. The topological polar surface area (TPSA) is 32.7 Å². The van der Waals surface area contributed by atoms with Crippen LogP contribution in [0.5, 0.6) is 0 Å². The fourth-order valence-electron chi connectivity index (χ4n) is 2.51. The fourth-order valence-corrected chi connectivity index (χ4v) is 2.51. The number of nitrogens with zero attached hydrogens (tertiary/aromatic N) is 2. The van der Waals surface area contributed by atoms with E-state index in [1.807, 2.05) is 61.6 Å². The van der Waals surface area contributed by atoms with E-state index in [2.05, 4.69) is 4.99 Å². The largest absolute Gasteiger partial charge is 0.314 e. The summed E-state index contributed by atoms with van der Waals surface area (Å²) < 4.78 is 0. The first kappa shape index (κ1) is 12.6. The van der Waals surface area contributed by atoms with Gasteiger partial charge < -0.3 is 4.90 Å². The second-order valence-electron chi connectivity index (χ2n) is 4.91. The van der Waals surface area contributed by atoms with Gasteiger partial charge >= 0.3 is 0 Å². The van der Waals surface area contributed by atoms with Crippen molar-refractivity contribution in [2.75, 3.05) is 11.9 Å². The van der Waals surface area contributed by atoms with Gasteiger partial charge in [-0.15, -0.1) is 0 Å². The molecule has 1 amide bonds. The zero-order valence-corrected chi connectivity index (χ0v) is 11.4. The van der Waals surface area contributed by atoms with Crippen molar-refractivity contribution < 1.29 is 4.79 Å². The molecule has 3 nitrogen and oxygen atoms in total. The van der Waals surface area contributed by atoms with Crippen LogP contribution in [0, 0.1) is 0 Å². The average molecular weight is 264 g/mol. The molecule has 0 aliphatic carbocycles. The highest BCUT2D eigenvalue weighted by Gasteiger charge is 2.33. The summed E-state index contributed by atoms with van der Waals surface area (Å²) in [5.74, 6) is -0.164. The fraction of sp³-hybridized carbons (Fsp3) is 0.176. The summed E-state index contributed by atoms with van der Waals surface area (Å²) in [7, 11) is 1.81. The van der Waals surface area contributed by atoms with Crippen LogP contribution >= 0.6 is 0 Å². The number of aliphatic imine (C=N–C) groups is 1. The van der Waals surface area contributed by atoms with Crippen molar-refractivity contribution in [1.82, 2.24) is 0 Å². The molecular weight excluding hydrogens is 248 g/mol. The Balaban J connectivity index is 1.79. The van der Waals surface area contributed by atoms with Gasteiger partial charge in [-0.3, -0.25) is 9.79 Å². The molecule has 3 heteroatoms. The van der Waals surface area contributed by atoms with Crippen LogP contribution < -0.4 is 4.90 Å². The van der Waals surface area contributed by atoms with Crippen molar-refractivity contribution >= 4 is 17.8 Å². The predicted octanol–water partition coefficient (Wildman–Crippen LogP) is 3.02. The maximum Gasteiger partial charge on any atom is 0.239 e. The third-order valence-corrected chi connectivity index (χ3v) is 3.60. The van der Waals surface area contributed by atoms with Gasteiger partial charge in [-0.2, -0.15) is 0 Å². The molecule has 0 spiro atoms. The molecular formula is C17H16N2O. The van der Waals surface area contributed by atoms with Crippen molar-refractivity contribution in [2.24, 2.45) is 4.99 Å². The SMILES string of the molecule is CN1C(=O)C(C=NCc2ccccc2)c2ccccc21. The molecule has 1 aliphatic heterocycles. The summed E-state index contributed by atoms with van der Waals surface area (Å²) >= 11 is 0. The molecule has 0 aromatic heterocycles. The van der Waals surface area contributed by atoms with E-state index in [-0.39, 0.29) is 11.8 Å². The average Bonchev–Trinajstić information content (AvgIpc) is 2.74. The summed E-state index contributed by atoms with van der Waals surface area (Å²) in [6, 6.07) is 17.9. The van der Waals surface area contributed by atoms with Crippen LogP contribution in [0.1, 0.15) is 17.0 Å². The quantitative estimate of drug-likeness (QED) is 0.784. The summed E-state index contributed by atoms with van der Waals surface area (Å²) in [4.78, 5) is 18.4. The molecule has 0 saturated heterocycles. The molecule has 1 atom stereocenters. The lowest BCUT2D eigenvalue weighted by molar-refractivity contribution is -0.117. The number of anilines is 1. The zero-order valence-electron chi connectivity index (χ0n) is 11.4. The molecule has 2 aromatic carbocycles. The maximum absolute atomic E-state index is 12.2. The first-order valence-corrected chi connectivity index (χ1v) is 6.68. The standard InChI is InChI=1S/C17H16N2O/c1-19-16-10-6-5-9-14(16)15(17(19)20)12-18-11-13-7-3-2-4-8-13/h2-10,12,15H,11H2,1H3. The molecule has 0 bridgehead atoms. The Morgan fingerprint density at radius 2 is 1.80 bits per heavy atom. The summed E-state index contributed by atoms with van der Waals surface area (Å²) in [6.45, 7) is 0.608. The number of hydrogen-bond donors (Lipinski definition) is 0. The van der Waals surface area contributed by atoms with Crippen molar-refractivity contribution in [1.29, 1.82) is 0 Å². The molecule has 1 aliphatic rings. The Morgan fingerprint density at radius 1 is 1.10 bits per heavy atom. The monoisotopic (exact) mass is 264 g/mol. The van der Waals surface area contributed by atoms with Crippen LogP contribution in [-0.4, -0.2) is 19.2 Å². The number of fused-ring (bicyclic) bond motifs is 1.